The molecule has 5 nitrogen and oxygen atoms in total. The number of oxime groups is 1. The minimum atomic E-state index is -0.728. The Morgan fingerprint density at radius 1 is 1.12 bits per heavy atom. The Bertz CT molecular complexity index is 274. The zero-order chi connectivity index (χ0) is 13.1. The summed E-state index contributed by atoms with van der Waals surface area (Å²) >= 11 is 0. The first-order chi connectivity index (χ1) is 8.13. The molecule has 0 aromatic heterocycles. The van der Waals surface area contributed by atoms with Gasteiger partial charge in [-0.15, -0.1) is 0 Å². The average Bonchev–Trinajstić information content (AvgIpc) is 2.27. The maximum atomic E-state index is 11.3. The van der Waals surface area contributed by atoms with Crippen molar-refractivity contribution in [1.29, 1.82) is 0 Å². The predicted octanol–water partition coefficient (Wildman–Crippen LogP) is 2.09. The van der Waals surface area contributed by atoms with Crippen LogP contribution in [0.5, 0.6) is 0 Å². The molecule has 0 saturated heterocycles. The number of ether oxygens (including phenoxy) is 1. The van der Waals surface area contributed by atoms with Gasteiger partial charge in [-0.2, -0.15) is 0 Å². The van der Waals surface area contributed by atoms with Gasteiger partial charge < -0.3 is 9.57 Å². The lowest BCUT2D eigenvalue weighted by molar-refractivity contribution is -0.136. The third-order valence-electron chi connectivity index (χ3n) is 2.05. The minimum absolute atomic E-state index is 0.210. The Kier molecular flexibility index (Phi) is 9.01. The molecule has 0 atom stereocenters. The quantitative estimate of drug-likeness (QED) is 0.204. The molecule has 0 unspecified atom stereocenters. The van der Waals surface area contributed by atoms with Crippen LogP contribution in [-0.2, 0) is 19.2 Å². The van der Waals surface area contributed by atoms with Gasteiger partial charge in [-0.25, -0.2) is 4.79 Å². The van der Waals surface area contributed by atoms with Crippen molar-refractivity contribution in [2.75, 3.05) is 13.2 Å². The van der Waals surface area contributed by atoms with E-state index in [9.17, 15) is 9.59 Å². The predicted molar refractivity (Wildman–Crippen MR) is 64.8 cm³/mol. The second-order valence-corrected chi connectivity index (χ2v) is 3.61. The summed E-state index contributed by atoms with van der Waals surface area (Å²) in [7, 11) is 0. The van der Waals surface area contributed by atoms with Crippen LogP contribution in [-0.4, -0.2) is 30.7 Å². The molecular weight excluding hydrogens is 222 g/mol. The van der Waals surface area contributed by atoms with Crippen molar-refractivity contribution in [1.82, 2.24) is 0 Å². The van der Waals surface area contributed by atoms with Crippen LogP contribution in [0.25, 0.3) is 0 Å². The monoisotopic (exact) mass is 243 g/mol. The van der Waals surface area contributed by atoms with Gasteiger partial charge in [0.25, 0.3) is 0 Å². The number of esters is 1. The van der Waals surface area contributed by atoms with Crippen molar-refractivity contribution in [2.45, 2.75) is 46.5 Å². The standard InChI is InChI=1S/C12H21NO4/c1-4-6-7-8-9-17-13-11(10(3)14)12(15)16-5-2/h4-9H2,1-3H3/b13-11+. The first-order valence-corrected chi connectivity index (χ1v) is 6.01. The van der Waals surface area contributed by atoms with Crippen LogP contribution in [0.4, 0.5) is 0 Å². The van der Waals surface area contributed by atoms with Gasteiger partial charge in [-0.05, 0) is 19.8 Å². The SMILES string of the molecule is CCCCCCO/N=C(\C(C)=O)C(=O)OCC. The van der Waals surface area contributed by atoms with Gasteiger partial charge in [0, 0.05) is 6.92 Å². The number of hydrogen-bond donors (Lipinski definition) is 0. The summed E-state index contributed by atoms with van der Waals surface area (Å²) in [6, 6.07) is 0. The third-order valence-corrected chi connectivity index (χ3v) is 2.05. The highest BCUT2D eigenvalue weighted by atomic mass is 16.6. The molecule has 0 spiro atoms. The molecule has 0 fully saturated rings. The average molecular weight is 243 g/mol. The molecule has 0 N–H and O–H groups in total. The fourth-order valence-electron chi connectivity index (χ4n) is 1.15. The van der Waals surface area contributed by atoms with Crippen molar-refractivity contribution >= 4 is 17.5 Å². The van der Waals surface area contributed by atoms with Gasteiger partial charge in [0.2, 0.25) is 5.71 Å². The van der Waals surface area contributed by atoms with E-state index in [1.165, 1.54) is 6.92 Å². The number of hydrogen-bond acceptors (Lipinski definition) is 5. The molecule has 0 bridgehead atoms. The van der Waals surface area contributed by atoms with Gasteiger partial charge in [0.05, 0.1) is 6.61 Å². The summed E-state index contributed by atoms with van der Waals surface area (Å²) in [4.78, 5) is 27.3. The smallest absolute Gasteiger partial charge is 0.364 e. The van der Waals surface area contributed by atoms with Crippen LogP contribution < -0.4 is 0 Å². The minimum Gasteiger partial charge on any atom is -0.461 e. The van der Waals surface area contributed by atoms with Crippen LogP contribution in [0.3, 0.4) is 0 Å². The van der Waals surface area contributed by atoms with E-state index >= 15 is 0 Å². The largest absolute Gasteiger partial charge is 0.461 e. The lowest BCUT2D eigenvalue weighted by Crippen LogP contribution is -2.24. The molecular formula is C12H21NO4. The molecule has 0 amide bonds. The number of Topliss-reactive ketones (excluding diaryl/α,β-unsaturated/α-hetero) is 1. The summed E-state index contributed by atoms with van der Waals surface area (Å²) in [5, 5.41) is 3.53. The molecule has 0 saturated carbocycles. The molecule has 0 aliphatic rings. The van der Waals surface area contributed by atoms with E-state index in [1.54, 1.807) is 6.92 Å². The first-order valence-electron chi connectivity index (χ1n) is 6.01. The van der Waals surface area contributed by atoms with Gasteiger partial charge in [-0.1, -0.05) is 24.9 Å². The zero-order valence-corrected chi connectivity index (χ0v) is 10.8. The molecule has 0 rings (SSSR count). The topological polar surface area (TPSA) is 65.0 Å². The molecule has 0 radical (unpaired) electrons. The summed E-state index contributed by atoms with van der Waals surface area (Å²) < 4.78 is 4.69. The number of carbonyl (C=O) groups is 2. The van der Waals surface area contributed by atoms with Gasteiger partial charge in [0.1, 0.15) is 6.61 Å². The van der Waals surface area contributed by atoms with Crippen molar-refractivity contribution in [3.63, 3.8) is 0 Å². The molecule has 98 valence electrons. The van der Waals surface area contributed by atoms with Crippen molar-refractivity contribution in [2.24, 2.45) is 5.16 Å². The highest BCUT2D eigenvalue weighted by Crippen LogP contribution is 1.99. The number of unbranched alkanes of at least 4 members (excludes halogenated alkanes) is 3. The van der Waals surface area contributed by atoms with E-state index in [0.717, 1.165) is 25.7 Å². The number of carbonyl (C=O) groups excluding carboxylic acids is 2. The van der Waals surface area contributed by atoms with Crippen LogP contribution in [0, 0.1) is 0 Å². The van der Waals surface area contributed by atoms with E-state index in [4.69, 9.17) is 9.57 Å². The normalized spacial score (nSPS) is 11.1. The fraction of sp³-hybridized carbons (Fsp3) is 0.750. The fourth-order valence-corrected chi connectivity index (χ4v) is 1.15. The number of nitrogens with zero attached hydrogens (tertiary/aromatic N) is 1. The maximum absolute atomic E-state index is 11.3. The van der Waals surface area contributed by atoms with Crippen molar-refractivity contribution in [3.05, 3.63) is 0 Å². The van der Waals surface area contributed by atoms with Crippen molar-refractivity contribution < 1.29 is 19.2 Å². The summed E-state index contributed by atoms with van der Waals surface area (Å²) in [5.41, 5.74) is -0.276. The van der Waals surface area contributed by atoms with Crippen LogP contribution >= 0.6 is 0 Å². The Hall–Kier alpha value is -1.39. The lowest BCUT2D eigenvalue weighted by atomic mass is 10.2. The zero-order valence-electron chi connectivity index (χ0n) is 10.8. The summed E-state index contributed by atoms with van der Waals surface area (Å²) in [5.74, 6) is -1.18. The van der Waals surface area contributed by atoms with E-state index < -0.39 is 11.8 Å². The number of rotatable bonds is 9. The Morgan fingerprint density at radius 2 is 1.82 bits per heavy atom. The first kappa shape index (κ1) is 15.6. The molecule has 0 aliphatic heterocycles. The summed E-state index contributed by atoms with van der Waals surface area (Å²) in [6.45, 7) is 5.67. The summed E-state index contributed by atoms with van der Waals surface area (Å²) in [6.07, 6.45) is 4.21. The maximum Gasteiger partial charge on any atom is 0.364 e. The van der Waals surface area contributed by atoms with Gasteiger partial charge in [-0.3, -0.25) is 4.79 Å². The van der Waals surface area contributed by atoms with Gasteiger partial charge >= 0.3 is 5.97 Å². The third kappa shape index (κ3) is 7.49. The highest BCUT2D eigenvalue weighted by molar-refractivity contribution is 6.63. The second kappa shape index (κ2) is 9.81. The Balaban J connectivity index is 4.04. The van der Waals surface area contributed by atoms with Crippen LogP contribution in [0.2, 0.25) is 0 Å². The molecule has 17 heavy (non-hydrogen) atoms. The Morgan fingerprint density at radius 3 is 2.35 bits per heavy atom. The van der Waals surface area contributed by atoms with Crippen LogP contribution in [0.1, 0.15) is 46.5 Å². The molecule has 0 aliphatic carbocycles. The van der Waals surface area contributed by atoms with Gasteiger partial charge in [0.15, 0.2) is 5.78 Å². The molecule has 0 heterocycles. The number of ketones is 1. The molecule has 5 heteroatoms. The lowest BCUT2D eigenvalue weighted by Gasteiger charge is -2.03. The van der Waals surface area contributed by atoms with E-state index in [2.05, 4.69) is 12.1 Å². The highest BCUT2D eigenvalue weighted by Gasteiger charge is 2.18. The van der Waals surface area contributed by atoms with E-state index in [-0.39, 0.29) is 12.3 Å². The van der Waals surface area contributed by atoms with E-state index in [1.807, 2.05) is 0 Å². The van der Waals surface area contributed by atoms with Crippen LogP contribution in [0.15, 0.2) is 5.16 Å². The second-order valence-electron chi connectivity index (χ2n) is 3.61. The molecule has 0 aromatic rings. The van der Waals surface area contributed by atoms with E-state index in [0.29, 0.717) is 6.61 Å². The molecule has 0 aromatic carbocycles. The Labute approximate surface area is 102 Å². The van der Waals surface area contributed by atoms with Crippen molar-refractivity contribution in [3.8, 4) is 0 Å².